The lowest BCUT2D eigenvalue weighted by Crippen LogP contribution is -2.40. The van der Waals surface area contributed by atoms with Gasteiger partial charge in [0.1, 0.15) is 0 Å². The van der Waals surface area contributed by atoms with E-state index < -0.39 is 0 Å². The maximum atomic E-state index is 12.6. The molecule has 0 aliphatic carbocycles. The molecule has 1 atom stereocenters. The highest BCUT2D eigenvalue weighted by Gasteiger charge is 2.29. The number of likely N-dealkylation sites (tertiary alicyclic amines) is 1. The Labute approximate surface area is 173 Å². The van der Waals surface area contributed by atoms with Gasteiger partial charge in [-0.2, -0.15) is 0 Å². The van der Waals surface area contributed by atoms with E-state index in [0.717, 1.165) is 38.4 Å². The van der Waals surface area contributed by atoms with Crippen LogP contribution in [0.1, 0.15) is 18.4 Å². The minimum absolute atomic E-state index is 0.0498. The fourth-order valence-corrected chi connectivity index (χ4v) is 4.60. The van der Waals surface area contributed by atoms with Crippen molar-refractivity contribution in [2.45, 2.75) is 18.9 Å². The predicted molar refractivity (Wildman–Crippen MR) is 110 cm³/mol. The molecule has 8 heteroatoms. The van der Waals surface area contributed by atoms with Crippen LogP contribution in [0.3, 0.4) is 0 Å². The molecule has 25 heavy (non-hydrogen) atoms. The van der Waals surface area contributed by atoms with Gasteiger partial charge in [-0.05, 0) is 80.3 Å². The van der Waals surface area contributed by atoms with Gasteiger partial charge in [-0.25, -0.2) is 0 Å². The predicted octanol–water partition coefficient (Wildman–Crippen LogP) is 4.51. The number of methoxy groups -OCH3 is 2. The molecule has 1 aromatic carbocycles. The van der Waals surface area contributed by atoms with Crippen molar-refractivity contribution in [2.75, 3.05) is 34.9 Å². The van der Waals surface area contributed by atoms with Gasteiger partial charge in [0.15, 0.2) is 11.5 Å². The third-order valence-corrected chi connectivity index (χ3v) is 7.74. The minimum Gasteiger partial charge on any atom is -0.492 e. The summed E-state index contributed by atoms with van der Waals surface area (Å²) >= 11 is 10.6. The van der Waals surface area contributed by atoms with E-state index in [1.54, 1.807) is 32.4 Å². The van der Waals surface area contributed by atoms with Gasteiger partial charge >= 0.3 is 0 Å². The molecule has 5 nitrogen and oxygen atoms in total. The van der Waals surface area contributed by atoms with E-state index in [1.807, 2.05) is 13.1 Å². The number of benzene rings is 1. The number of hydrogen-bond acceptors (Lipinski definition) is 4. The van der Waals surface area contributed by atoms with Crippen LogP contribution in [-0.4, -0.2) is 56.6 Å². The van der Waals surface area contributed by atoms with E-state index in [4.69, 9.17) is 9.47 Å². The molecule has 0 bridgehead atoms. The number of likely N-dealkylation sites (N-methyl/N-ethyl adjacent to an activating group) is 2. The normalized spacial score (nSPS) is 18.0. The van der Waals surface area contributed by atoms with E-state index >= 15 is 0 Å². The van der Waals surface area contributed by atoms with Gasteiger partial charge in [-0.1, -0.05) is 0 Å². The minimum atomic E-state index is -0.0498. The molecule has 1 aliphatic heterocycles. The summed E-state index contributed by atoms with van der Waals surface area (Å²) in [5.74, 6) is 1.26. The van der Waals surface area contributed by atoms with E-state index in [0.29, 0.717) is 11.5 Å². The van der Waals surface area contributed by atoms with Crippen LogP contribution < -0.4 is 9.47 Å². The van der Waals surface area contributed by atoms with Crippen molar-refractivity contribution < 1.29 is 14.3 Å². The smallest absolute Gasteiger partial charge is 0.243 e. The molecule has 1 aromatic rings. The molecule has 1 heterocycles. The second-order valence-electron chi connectivity index (χ2n) is 5.83. The van der Waals surface area contributed by atoms with Crippen molar-refractivity contribution in [1.82, 2.24) is 9.80 Å². The average molecular weight is 541 g/mol. The summed E-state index contributed by atoms with van der Waals surface area (Å²) in [5.41, 5.74) is 0.786. The van der Waals surface area contributed by atoms with Gasteiger partial charge < -0.3 is 14.4 Å². The van der Waals surface area contributed by atoms with Gasteiger partial charge in [0, 0.05) is 23.3 Å². The van der Waals surface area contributed by atoms with Crippen LogP contribution >= 0.6 is 47.8 Å². The Morgan fingerprint density at radius 1 is 1.16 bits per heavy atom. The van der Waals surface area contributed by atoms with E-state index in [1.165, 1.54) is 0 Å². The Morgan fingerprint density at radius 2 is 1.80 bits per heavy atom. The first-order valence-electron chi connectivity index (χ1n) is 7.77. The van der Waals surface area contributed by atoms with Crippen molar-refractivity contribution in [3.05, 3.63) is 25.2 Å². The molecule has 2 rings (SSSR count). The Kier molecular flexibility index (Phi) is 7.37. The molecule has 0 N–H and O–H groups in total. The third-order valence-electron chi connectivity index (χ3n) is 4.30. The second kappa shape index (κ2) is 8.88. The van der Waals surface area contributed by atoms with Crippen molar-refractivity contribution in [1.29, 1.82) is 0 Å². The van der Waals surface area contributed by atoms with Gasteiger partial charge in [0.2, 0.25) is 5.91 Å². The van der Waals surface area contributed by atoms with Gasteiger partial charge in [-0.15, -0.1) is 0 Å². The van der Waals surface area contributed by atoms with Gasteiger partial charge in [-0.3, -0.25) is 9.69 Å². The Bertz CT molecular complexity index is 694. The Morgan fingerprint density at radius 3 is 2.32 bits per heavy atom. The molecule has 1 fully saturated rings. The maximum Gasteiger partial charge on any atom is 0.243 e. The molecule has 1 amide bonds. The number of carbonyl (C=O) groups excluding carboxylic acids is 1. The van der Waals surface area contributed by atoms with E-state index in [2.05, 4.69) is 52.7 Å². The summed E-state index contributed by atoms with van der Waals surface area (Å²) in [6, 6.07) is -0.0498. The lowest BCUT2D eigenvalue weighted by atomic mass is 10.1. The first-order valence-corrected chi connectivity index (χ1v) is 10.1. The molecular weight excluding hydrogens is 520 g/mol. The van der Waals surface area contributed by atoms with Crippen LogP contribution in [0, 0.1) is 0 Å². The molecule has 1 aliphatic rings. The second-order valence-corrected chi connectivity index (χ2v) is 8.20. The van der Waals surface area contributed by atoms with Crippen LogP contribution in [0.5, 0.6) is 11.5 Å². The Balaban J connectivity index is 2.34. The number of halogens is 3. The summed E-state index contributed by atoms with van der Waals surface area (Å²) in [4.78, 5) is 16.3. The van der Waals surface area contributed by atoms with Gasteiger partial charge in [0.25, 0.3) is 0 Å². The molecule has 0 spiro atoms. The average Bonchev–Trinajstić information content (AvgIpc) is 3.03. The van der Waals surface area contributed by atoms with Crippen molar-refractivity contribution >= 4 is 59.8 Å². The zero-order chi connectivity index (χ0) is 18.7. The van der Waals surface area contributed by atoms with Crippen LogP contribution in [0.2, 0.25) is 0 Å². The van der Waals surface area contributed by atoms with Crippen LogP contribution in [0.4, 0.5) is 0 Å². The molecule has 0 aromatic heterocycles. The standard InChI is InChI=1S/C17H21Br3N2O3/c1-21-8-5-6-11(21)17(23)22(2)9-7-10-12(18)13(19)14(20)16(25-4)15(10)24-3/h7,9,11H,5-6,8H2,1-4H3/b9-7+/t11-/m0/s1. The first kappa shape index (κ1) is 20.7. The summed E-state index contributed by atoms with van der Waals surface area (Å²) in [7, 11) is 6.94. The summed E-state index contributed by atoms with van der Waals surface area (Å²) < 4.78 is 13.4. The van der Waals surface area contributed by atoms with E-state index in [9.17, 15) is 4.79 Å². The SMILES string of the molecule is COc1c(Br)c(Br)c(Br)c(/C=C/N(C)C(=O)[C@@H]2CCCN2C)c1OC. The highest BCUT2D eigenvalue weighted by molar-refractivity contribution is 9.14. The van der Waals surface area contributed by atoms with E-state index in [-0.39, 0.29) is 11.9 Å². The third kappa shape index (κ3) is 4.23. The zero-order valence-electron chi connectivity index (χ0n) is 14.6. The molecule has 0 unspecified atom stereocenters. The quantitative estimate of drug-likeness (QED) is 0.515. The van der Waals surface area contributed by atoms with Crippen molar-refractivity contribution in [3.8, 4) is 11.5 Å². The number of carbonyl (C=O) groups is 1. The number of nitrogens with zero attached hydrogens (tertiary/aromatic N) is 2. The summed E-state index contributed by atoms with van der Waals surface area (Å²) in [5, 5.41) is 0. The number of rotatable bonds is 5. The lowest BCUT2D eigenvalue weighted by Gasteiger charge is -2.23. The van der Waals surface area contributed by atoms with Crippen molar-refractivity contribution in [3.63, 3.8) is 0 Å². The molecule has 0 saturated carbocycles. The molecule has 1 saturated heterocycles. The highest BCUT2D eigenvalue weighted by Crippen LogP contribution is 2.48. The van der Waals surface area contributed by atoms with Crippen LogP contribution in [0.25, 0.3) is 6.08 Å². The summed E-state index contributed by atoms with van der Waals surface area (Å²) in [6.07, 6.45) is 5.56. The Hall–Kier alpha value is -0.570. The maximum absolute atomic E-state index is 12.6. The molecule has 138 valence electrons. The van der Waals surface area contributed by atoms with Gasteiger partial charge in [0.05, 0.1) is 29.2 Å². The molecule has 0 radical (unpaired) electrons. The monoisotopic (exact) mass is 538 g/mol. The topological polar surface area (TPSA) is 42.0 Å². The summed E-state index contributed by atoms with van der Waals surface area (Å²) in [6.45, 7) is 0.962. The number of amides is 1. The largest absolute Gasteiger partial charge is 0.492 e. The number of hydrogen-bond donors (Lipinski definition) is 0. The number of ether oxygens (including phenoxy) is 2. The highest BCUT2D eigenvalue weighted by atomic mass is 79.9. The van der Waals surface area contributed by atoms with Crippen molar-refractivity contribution in [2.24, 2.45) is 0 Å². The molecular formula is C17H21Br3N2O3. The van der Waals surface area contributed by atoms with Crippen LogP contribution in [-0.2, 0) is 4.79 Å². The zero-order valence-corrected chi connectivity index (χ0v) is 19.4. The lowest BCUT2D eigenvalue weighted by molar-refractivity contribution is -0.131. The van der Waals surface area contributed by atoms with Crippen LogP contribution in [0.15, 0.2) is 19.6 Å². The first-order chi connectivity index (χ1) is 11.8. The fourth-order valence-electron chi connectivity index (χ4n) is 2.89. The fraction of sp³-hybridized carbons (Fsp3) is 0.471.